The van der Waals surface area contributed by atoms with Gasteiger partial charge in [0.15, 0.2) is 0 Å². The Morgan fingerprint density at radius 3 is 2.31 bits per heavy atom. The van der Waals surface area contributed by atoms with Crippen LogP contribution in [-0.4, -0.2) is 38.8 Å². The predicted octanol–water partition coefficient (Wildman–Crippen LogP) is 3.99. The van der Waals surface area contributed by atoms with Crippen LogP contribution in [0.15, 0.2) is 48.9 Å². The number of hydrogen-bond donors (Lipinski definition) is 1. The summed E-state index contributed by atoms with van der Waals surface area (Å²) in [6.07, 6.45) is 5.62. The molecule has 3 aromatic rings. The van der Waals surface area contributed by atoms with Crippen LogP contribution in [0.3, 0.4) is 0 Å². The average Bonchev–Trinajstić information content (AvgIpc) is 3.35. The van der Waals surface area contributed by atoms with E-state index in [-0.39, 0.29) is 17.5 Å². The molecule has 4 rings (SSSR count). The summed E-state index contributed by atoms with van der Waals surface area (Å²) in [5.41, 5.74) is 4.06. The van der Waals surface area contributed by atoms with Gasteiger partial charge in [0.2, 0.25) is 0 Å². The SMILES string of the molecule is CCNC(=O)c1ccccn1.Cc1cc(-n2cc(Cl)cn2)cc(C)c1C1C(=O)CCC1=O. The van der Waals surface area contributed by atoms with Gasteiger partial charge in [0.05, 0.1) is 16.9 Å². The third kappa shape index (κ3) is 5.29. The van der Waals surface area contributed by atoms with Crippen LogP contribution in [0.25, 0.3) is 5.69 Å². The summed E-state index contributed by atoms with van der Waals surface area (Å²) in [6.45, 7) is 6.36. The Morgan fingerprint density at radius 1 is 1.16 bits per heavy atom. The molecule has 0 radical (unpaired) electrons. The van der Waals surface area contributed by atoms with E-state index in [1.165, 1.54) is 0 Å². The molecule has 7 nitrogen and oxygen atoms in total. The van der Waals surface area contributed by atoms with Crippen LogP contribution in [-0.2, 0) is 9.59 Å². The quantitative estimate of drug-likeness (QED) is 0.604. The van der Waals surface area contributed by atoms with Crippen LogP contribution < -0.4 is 5.32 Å². The molecule has 0 saturated heterocycles. The van der Waals surface area contributed by atoms with Crippen LogP contribution in [0.5, 0.6) is 0 Å². The molecule has 166 valence electrons. The largest absolute Gasteiger partial charge is 0.351 e. The van der Waals surface area contributed by atoms with Crippen LogP contribution in [0, 0.1) is 13.8 Å². The minimum absolute atomic E-state index is 0.0288. The van der Waals surface area contributed by atoms with Crippen molar-refractivity contribution in [3.05, 3.63) is 76.3 Å². The lowest BCUT2D eigenvalue weighted by atomic mass is 9.88. The first-order chi connectivity index (χ1) is 15.3. The summed E-state index contributed by atoms with van der Waals surface area (Å²) >= 11 is 5.89. The van der Waals surface area contributed by atoms with Gasteiger partial charge >= 0.3 is 0 Å². The van der Waals surface area contributed by atoms with Gasteiger partial charge in [-0.2, -0.15) is 5.10 Å². The Labute approximate surface area is 191 Å². The number of benzene rings is 1. The van der Waals surface area contributed by atoms with Crippen molar-refractivity contribution in [2.45, 2.75) is 39.5 Å². The summed E-state index contributed by atoms with van der Waals surface area (Å²) < 4.78 is 1.68. The van der Waals surface area contributed by atoms with E-state index in [9.17, 15) is 14.4 Å². The number of ketones is 2. The lowest BCUT2D eigenvalue weighted by Gasteiger charge is -2.16. The number of rotatable bonds is 4. The summed E-state index contributed by atoms with van der Waals surface area (Å²) in [7, 11) is 0. The molecule has 0 spiro atoms. The number of aromatic nitrogens is 3. The lowest BCUT2D eigenvalue weighted by Crippen LogP contribution is -2.23. The maximum Gasteiger partial charge on any atom is 0.269 e. The number of carbonyl (C=O) groups is 3. The monoisotopic (exact) mass is 452 g/mol. The van der Waals surface area contributed by atoms with Crippen LogP contribution in [0.1, 0.15) is 52.9 Å². The highest BCUT2D eigenvalue weighted by atomic mass is 35.5. The van der Waals surface area contributed by atoms with Crippen molar-refractivity contribution < 1.29 is 14.4 Å². The van der Waals surface area contributed by atoms with Gasteiger partial charge in [-0.1, -0.05) is 17.7 Å². The number of hydrogen-bond acceptors (Lipinski definition) is 5. The molecule has 0 atom stereocenters. The normalized spacial score (nSPS) is 13.6. The molecule has 1 aliphatic rings. The second-order valence-corrected chi connectivity index (χ2v) is 7.97. The second kappa shape index (κ2) is 10.3. The Bertz CT molecular complexity index is 1100. The van der Waals surface area contributed by atoms with E-state index in [0.29, 0.717) is 30.1 Å². The Hall–Kier alpha value is -3.32. The van der Waals surface area contributed by atoms with Gasteiger partial charge in [0, 0.05) is 31.8 Å². The number of nitrogens with zero attached hydrogens (tertiary/aromatic N) is 3. The zero-order chi connectivity index (χ0) is 23.3. The highest BCUT2D eigenvalue weighted by Gasteiger charge is 2.36. The topological polar surface area (TPSA) is 93.9 Å². The lowest BCUT2D eigenvalue weighted by molar-refractivity contribution is -0.123. The minimum Gasteiger partial charge on any atom is -0.351 e. The first-order valence-corrected chi connectivity index (χ1v) is 10.8. The van der Waals surface area contributed by atoms with Crippen molar-refractivity contribution in [2.75, 3.05) is 6.54 Å². The van der Waals surface area contributed by atoms with Gasteiger partial charge in [0.1, 0.15) is 23.2 Å². The fourth-order valence-corrected chi connectivity index (χ4v) is 3.90. The molecular formula is C24H25ClN4O3. The van der Waals surface area contributed by atoms with Gasteiger partial charge in [0.25, 0.3) is 5.91 Å². The van der Waals surface area contributed by atoms with E-state index >= 15 is 0 Å². The number of pyridine rings is 1. The van der Waals surface area contributed by atoms with Crippen LogP contribution in [0.4, 0.5) is 0 Å². The van der Waals surface area contributed by atoms with Gasteiger partial charge in [-0.25, -0.2) is 4.68 Å². The number of aryl methyl sites for hydroxylation is 2. The summed E-state index contributed by atoms with van der Waals surface area (Å²) in [5.74, 6) is -0.643. The smallest absolute Gasteiger partial charge is 0.269 e. The molecule has 1 fully saturated rings. The summed E-state index contributed by atoms with van der Waals surface area (Å²) in [4.78, 5) is 38.9. The Morgan fingerprint density at radius 2 is 1.81 bits per heavy atom. The van der Waals surface area contributed by atoms with E-state index in [1.54, 1.807) is 41.5 Å². The van der Waals surface area contributed by atoms with Crippen molar-refractivity contribution in [3.63, 3.8) is 0 Å². The highest BCUT2D eigenvalue weighted by molar-refractivity contribution is 6.30. The minimum atomic E-state index is -0.583. The van der Waals surface area contributed by atoms with E-state index in [1.807, 2.05) is 32.9 Å². The number of Topliss-reactive ketones (excluding diaryl/α,β-unsaturated/α-hetero) is 2. The molecule has 1 aromatic carbocycles. The molecule has 8 heteroatoms. The van der Waals surface area contributed by atoms with E-state index < -0.39 is 5.92 Å². The molecule has 1 aliphatic carbocycles. The molecule has 0 unspecified atom stereocenters. The molecule has 1 N–H and O–H groups in total. The van der Waals surface area contributed by atoms with Gasteiger partial charge in [-0.15, -0.1) is 0 Å². The van der Waals surface area contributed by atoms with E-state index in [4.69, 9.17) is 11.6 Å². The molecule has 2 heterocycles. The van der Waals surface area contributed by atoms with Crippen LogP contribution >= 0.6 is 11.6 Å². The first-order valence-electron chi connectivity index (χ1n) is 10.4. The summed E-state index contributed by atoms with van der Waals surface area (Å²) in [6, 6.07) is 9.13. The molecule has 1 saturated carbocycles. The number of amides is 1. The molecule has 32 heavy (non-hydrogen) atoms. The zero-order valence-electron chi connectivity index (χ0n) is 18.3. The molecule has 2 aromatic heterocycles. The van der Waals surface area contributed by atoms with E-state index in [0.717, 1.165) is 22.4 Å². The third-order valence-electron chi connectivity index (χ3n) is 5.18. The number of halogens is 1. The average molecular weight is 453 g/mol. The van der Waals surface area contributed by atoms with Gasteiger partial charge in [-0.05, 0) is 61.7 Å². The maximum atomic E-state index is 12.0. The standard InChI is InChI=1S/C16H15ClN2O2.C8H10N2O/c1-9-5-12(19-8-11(17)7-18-19)6-10(2)15(9)16-13(20)3-4-14(16)21;1-2-9-8(11)7-5-3-4-6-10-7/h5-8,16H,3-4H2,1-2H3;3-6H,2H2,1H3,(H,9,11). The van der Waals surface area contributed by atoms with Crippen molar-refractivity contribution >= 4 is 29.1 Å². The highest BCUT2D eigenvalue weighted by Crippen LogP contribution is 2.33. The van der Waals surface area contributed by atoms with Gasteiger partial charge in [-0.3, -0.25) is 19.4 Å². The van der Waals surface area contributed by atoms with Crippen LogP contribution in [0.2, 0.25) is 5.02 Å². The maximum absolute atomic E-state index is 12.0. The first kappa shape index (κ1) is 23.3. The zero-order valence-corrected chi connectivity index (χ0v) is 19.0. The molecule has 0 bridgehead atoms. The molecule has 0 aliphatic heterocycles. The summed E-state index contributed by atoms with van der Waals surface area (Å²) in [5, 5.41) is 7.40. The molecular weight excluding hydrogens is 428 g/mol. The number of nitrogens with one attached hydrogen (secondary N) is 1. The van der Waals surface area contributed by atoms with Crippen molar-refractivity contribution in [1.82, 2.24) is 20.1 Å². The van der Waals surface area contributed by atoms with Crippen molar-refractivity contribution in [1.29, 1.82) is 0 Å². The van der Waals surface area contributed by atoms with Crippen molar-refractivity contribution in [3.8, 4) is 5.69 Å². The Kier molecular flexibility index (Phi) is 7.53. The Balaban J connectivity index is 0.000000222. The molecule has 1 amide bonds. The van der Waals surface area contributed by atoms with Crippen molar-refractivity contribution in [2.24, 2.45) is 0 Å². The number of carbonyl (C=O) groups excluding carboxylic acids is 3. The second-order valence-electron chi connectivity index (χ2n) is 7.54. The van der Waals surface area contributed by atoms with E-state index in [2.05, 4.69) is 15.4 Å². The fourth-order valence-electron chi connectivity index (χ4n) is 3.77. The fraction of sp³-hybridized carbons (Fsp3) is 0.292. The third-order valence-corrected chi connectivity index (χ3v) is 5.37. The van der Waals surface area contributed by atoms with Gasteiger partial charge < -0.3 is 5.32 Å². The predicted molar refractivity (Wildman–Crippen MR) is 122 cm³/mol.